The van der Waals surface area contributed by atoms with Crippen LogP contribution in [0.1, 0.15) is 0 Å². The fraction of sp³-hybridized carbons (Fsp3) is 0. The molecule has 0 aliphatic heterocycles. The molecule has 0 aromatic heterocycles. The van der Waals surface area contributed by atoms with Gasteiger partial charge in [0.25, 0.3) is 0 Å². The van der Waals surface area contributed by atoms with Crippen LogP contribution >= 0.6 is 0 Å². The molecule has 0 bridgehead atoms. The van der Waals surface area contributed by atoms with Crippen molar-refractivity contribution in [1.82, 2.24) is 0 Å². The zero-order valence-corrected chi connectivity index (χ0v) is 7.68. The van der Waals surface area contributed by atoms with Crippen molar-refractivity contribution in [3.8, 4) is 0 Å². The van der Waals surface area contributed by atoms with Gasteiger partial charge in [0.2, 0.25) is 0 Å². The van der Waals surface area contributed by atoms with Gasteiger partial charge >= 0.3 is 19.4 Å². The summed E-state index contributed by atoms with van der Waals surface area (Å²) in [5, 5.41) is 0. The minimum absolute atomic E-state index is 0. The zero-order chi connectivity index (χ0) is 9.00. The Morgan fingerprint density at radius 1 is 0.917 bits per heavy atom. The van der Waals surface area contributed by atoms with Crippen molar-refractivity contribution in [2.45, 2.75) is 0 Å². The Kier molecular flexibility index (Phi) is 16.5. The molecule has 0 saturated heterocycles. The van der Waals surface area contributed by atoms with E-state index in [2.05, 4.69) is 0 Å². The predicted molar refractivity (Wildman–Crippen MR) is 38.7 cm³/mol. The molecule has 0 saturated carbocycles. The maximum Gasteiger partial charge on any atom is 0.668 e. The minimum atomic E-state index is -4.67. The first kappa shape index (κ1) is 23.1. The predicted octanol–water partition coefficient (Wildman–Crippen LogP) is -4.45. The van der Waals surface area contributed by atoms with E-state index >= 15 is 0 Å². The van der Waals surface area contributed by atoms with E-state index in [0.29, 0.717) is 0 Å². The second-order valence-electron chi connectivity index (χ2n) is 1.05. The minimum Gasteiger partial charge on any atom is -0.368 e. The molecule has 0 aliphatic carbocycles. The molecule has 12 heavy (non-hydrogen) atoms. The van der Waals surface area contributed by atoms with Gasteiger partial charge in [-0.25, -0.2) is 0 Å². The van der Waals surface area contributed by atoms with Crippen LogP contribution in [0.5, 0.6) is 0 Å². The smallest absolute Gasteiger partial charge is 0.368 e. The van der Waals surface area contributed by atoms with Crippen LogP contribution in [0.3, 0.4) is 0 Å². The van der Waals surface area contributed by atoms with E-state index in [4.69, 9.17) is 36.7 Å². The van der Waals surface area contributed by atoms with Gasteiger partial charge in [-0.3, -0.25) is 9.11 Å². The van der Waals surface area contributed by atoms with Crippen LogP contribution in [0.15, 0.2) is 0 Å². The third kappa shape index (κ3) is 1140. The van der Waals surface area contributed by atoms with Crippen LogP contribution < -0.4 is 0 Å². The second kappa shape index (κ2) is 8.57. The summed E-state index contributed by atoms with van der Waals surface area (Å²) >= 11 is 0. The molecular formula is H9AlFeO8SSi. The Bertz CT molecular complexity index is 154. The SMILES string of the molecule is O=S(=O)(O)O.O[Si](O)(O)O.[AlH3].[Fe]. The van der Waals surface area contributed by atoms with Gasteiger partial charge in [0.1, 0.15) is 0 Å². The molecular weight excluding hydrogens is 271 g/mol. The summed E-state index contributed by atoms with van der Waals surface area (Å²) in [5.41, 5.74) is 0. The zero-order valence-electron chi connectivity index (χ0n) is 4.76. The van der Waals surface area contributed by atoms with Crippen molar-refractivity contribution in [2.75, 3.05) is 0 Å². The van der Waals surface area contributed by atoms with Crippen LogP contribution in [0.2, 0.25) is 0 Å². The van der Waals surface area contributed by atoms with Crippen LogP contribution in [0.4, 0.5) is 0 Å². The number of hydrogen-bond donors (Lipinski definition) is 6. The first-order valence-electron chi connectivity index (χ1n) is 1.59. The van der Waals surface area contributed by atoms with Crippen molar-refractivity contribution in [2.24, 2.45) is 0 Å². The average molecular weight is 280 g/mol. The van der Waals surface area contributed by atoms with Crippen LogP contribution in [0, 0.1) is 0 Å². The van der Waals surface area contributed by atoms with E-state index in [0.717, 1.165) is 0 Å². The molecule has 12 heteroatoms. The fourth-order valence-corrected chi connectivity index (χ4v) is 0. The van der Waals surface area contributed by atoms with E-state index < -0.39 is 19.4 Å². The summed E-state index contributed by atoms with van der Waals surface area (Å²) in [6.07, 6.45) is 0. The molecule has 0 rings (SSSR count). The van der Waals surface area contributed by atoms with Crippen LogP contribution in [-0.4, -0.2) is 63.1 Å². The molecule has 0 radical (unpaired) electrons. The van der Waals surface area contributed by atoms with Gasteiger partial charge in [-0.1, -0.05) is 0 Å². The maximum absolute atomic E-state index is 8.74. The first-order chi connectivity index (χ1) is 4.00. The largest absolute Gasteiger partial charge is 0.668 e. The number of rotatable bonds is 0. The molecule has 0 fully saturated rings. The summed E-state index contributed by atoms with van der Waals surface area (Å²) < 4.78 is 31.6. The molecule has 0 unspecified atom stereocenters. The van der Waals surface area contributed by atoms with E-state index in [1.54, 1.807) is 0 Å². The van der Waals surface area contributed by atoms with E-state index in [9.17, 15) is 0 Å². The van der Waals surface area contributed by atoms with Gasteiger partial charge in [-0.2, -0.15) is 8.42 Å². The van der Waals surface area contributed by atoms with Gasteiger partial charge in [0.15, 0.2) is 17.4 Å². The Morgan fingerprint density at radius 2 is 0.917 bits per heavy atom. The molecule has 0 heterocycles. The van der Waals surface area contributed by atoms with E-state index in [1.165, 1.54) is 0 Å². The Balaban J connectivity index is -0.0000000457. The Morgan fingerprint density at radius 3 is 0.917 bits per heavy atom. The maximum atomic E-state index is 8.74. The summed E-state index contributed by atoms with van der Waals surface area (Å²) in [6, 6.07) is 0. The van der Waals surface area contributed by atoms with Crippen molar-refractivity contribution in [3.63, 3.8) is 0 Å². The summed E-state index contributed by atoms with van der Waals surface area (Å²) in [5.74, 6) is 0. The third-order valence-corrected chi connectivity index (χ3v) is 0. The molecule has 0 aliphatic rings. The topological polar surface area (TPSA) is 156 Å². The Labute approximate surface area is 90.5 Å². The van der Waals surface area contributed by atoms with Gasteiger partial charge in [0.05, 0.1) is 0 Å². The van der Waals surface area contributed by atoms with E-state index in [-0.39, 0.29) is 34.4 Å². The van der Waals surface area contributed by atoms with Gasteiger partial charge in [0, 0.05) is 17.1 Å². The standard InChI is InChI=1S/Al.Fe.H2O4S.H4O4Si.3H/c;;2*1-5(2,3)4;;;/h;;(H2,1,2,3,4);1-4H;;;. The molecule has 0 spiro atoms. The molecule has 0 amide bonds. The van der Waals surface area contributed by atoms with Gasteiger partial charge in [-0.15, -0.1) is 0 Å². The average Bonchev–Trinajstić information content (AvgIpc) is 1.12. The van der Waals surface area contributed by atoms with Crippen molar-refractivity contribution >= 4 is 36.8 Å². The third-order valence-electron chi connectivity index (χ3n) is 0. The molecule has 78 valence electrons. The first-order valence-corrected chi connectivity index (χ1v) is 4.78. The fourth-order valence-electron chi connectivity index (χ4n) is 0. The molecule has 0 aromatic rings. The van der Waals surface area contributed by atoms with Crippen LogP contribution in [-0.2, 0) is 27.5 Å². The van der Waals surface area contributed by atoms with Gasteiger partial charge < -0.3 is 19.2 Å². The number of hydrogen-bond acceptors (Lipinski definition) is 6. The van der Waals surface area contributed by atoms with Crippen LogP contribution in [0.25, 0.3) is 0 Å². The molecule has 6 N–H and O–H groups in total. The monoisotopic (exact) mass is 280 g/mol. The summed E-state index contributed by atoms with van der Waals surface area (Å²) in [7, 11) is -9.28. The van der Waals surface area contributed by atoms with Crippen molar-refractivity contribution in [1.29, 1.82) is 0 Å². The second-order valence-corrected chi connectivity index (χ2v) is 3.14. The Hall–Kier alpha value is 0.979. The molecule has 8 nitrogen and oxygen atoms in total. The van der Waals surface area contributed by atoms with E-state index in [1.807, 2.05) is 0 Å². The molecule has 0 aromatic carbocycles. The quantitative estimate of drug-likeness (QED) is 0.192. The van der Waals surface area contributed by atoms with Gasteiger partial charge in [-0.05, 0) is 0 Å². The van der Waals surface area contributed by atoms with Crippen molar-refractivity contribution in [3.05, 3.63) is 0 Å². The van der Waals surface area contributed by atoms with Crippen molar-refractivity contribution < 1.29 is 53.8 Å². The molecule has 0 atom stereocenters. The summed E-state index contributed by atoms with van der Waals surface area (Å²) in [4.78, 5) is 29.3. The normalized spacial score (nSPS) is 9.83. The summed E-state index contributed by atoms with van der Waals surface area (Å²) in [6.45, 7) is 0.